The van der Waals surface area contributed by atoms with Gasteiger partial charge in [-0.3, -0.25) is 4.84 Å². The van der Waals surface area contributed by atoms with E-state index in [1.807, 2.05) is 0 Å². The molecule has 0 aliphatic carbocycles. The summed E-state index contributed by atoms with van der Waals surface area (Å²) in [6.07, 6.45) is -9.71. The first-order valence-electron chi connectivity index (χ1n) is 5.76. The van der Waals surface area contributed by atoms with Gasteiger partial charge in [0.2, 0.25) is 0 Å². The quantitative estimate of drug-likeness (QED) is 0.496. The van der Waals surface area contributed by atoms with Crippen molar-refractivity contribution in [1.29, 1.82) is 0 Å². The molecule has 120 valence electrons. The van der Waals surface area contributed by atoms with Gasteiger partial charge in [-0.1, -0.05) is 0 Å². The van der Waals surface area contributed by atoms with Crippen molar-refractivity contribution in [2.75, 3.05) is 20.3 Å². The second-order valence-electron chi connectivity index (χ2n) is 4.08. The largest absolute Gasteiger partial charge is 0.416 e. The van der Waals surface area contributed by atoms with Crippen LogP contribution in [0, 0.1) is 0 Å². The van der Waals surface area contributed by atoms with Crippen molar-refractivity contribution in [1.82, 2.24) is 5.48 Å². The predicted octanol–water partition coefficient (Wildman–Crippen LogP) is 3.39. The lowest BCUT2D eigenvalue weighted by Gasteiger charge is -2.14. The average Bonchev–Trinajstić information content (AvgIpc) is 2.36. The van der Waals surface area contributed by atoms with Gasteiger partial charge in [0.05, 0.1) is 24.3 Å². The molecule has 3 nitrogen and oxygen atoms in total. The summed E-state index contributed by atoms with van der Waals surface area (Å²) < 4.78 is 80.2. The first-order valence-corrected chi connectivity index (χ1v) is 5.76. The average molecular weight is 317 g/mol. The SMILES string of the molecule is COCCONCc1cc(C(F)(F)F)cc(C(F)(F)F)c1. The van der Waals surface area contributed by atoms with Crippen LogP contribution in [0.15, 0.2) is 18.2 Å². The van der Waals surface area contributed by atoms with E-state index in [2.05, 4.69) is 10.2 Å². The fourth-order valence-corrected chi connectivity index (χ4v) is 1.45. The van der Waals surface area contributed by atoms with Gasteiger partial charge >= 0.3 is 12.4 Å². The molecule has 0 fully saturated rings. The van der Waals surface area contributed by atoms with E-state index in [1.54, 1.807) is 0 Å². The smallest absolute Gasteiger partial charge is 0.382 e. The summed E-state index contributed by atoms with van der Waals surface area (Å²) in [5, 5.41) is 0. The van der Waals surface area contributed by atoms with Crippen molar-refractivity contribution in [2.24, 2.45) is 0 Å². The highest BCUT2D eigenvalue weighted by Gasteiger charge is 2.36. The molecule has 1 rings (SSSR count). The van der Waals surface area contributed by atoms with Crippen LogP contribution in [-0.2, 0) is 28.5 Å². The lowest BCUT2D eigenvalue weighted by atomic mass is 10.0. The maximum absolute atomic E-state index is 12.6. The Bertz CT molecular complexity index is 426. The number of alkyl halides is 6. The number of halogens is 6. The molecule has 0 radical (unpaired) electrons. The van der Waals surface area contributed by atoms with E-state index in [1.165, 1.54) is 7.11 Å². The molecular formula is C12H13F6NO2. The Hall–Kier alpha value is -1.32. The standard InChI is InChI=1S/C12H13F6NO2/c1-20-2-3-21-19-7-8-4-9(11(13,14)15)6-10(5-8)12(16,17)18/h4-6,19H,2-3,7H2,1H3. The van der Waals surface area contributed by atoms with Gasteiger partial charge in [-0.15, -0.1) is 0 Å². The highest BCUT2D eigenvalue weighted by molar-refractivity contribution is 5.33. The first kappa shape index (κ1) is 17.7. The Balaban J connectivity index is 2.88. The topological polar surface area (TPSA) is 30.5 Å². The Morgan fingerprint density at radius 3 is 1.86 bits per heavy atom. The molecule has 0 atom stereocenters. The van der Waals surface area contributed by atoms with Gasteiger partial charge in [0, 0.05) is 13.7 Å². The van der Waals surface area contributed by atoms with Gasteiger partial charge in [0.1, 0.15) is 0 Å². The van der Waals surface area contributed by atoms with E-state index in [9.17, 15) is 26.3 Å². The summed E-state index contributed by atoms with van der Waals surface area (Å²) in [7, 11) is 1.42. The van der Waals surface area contributed by atoms with Gasteiger partial charge in [0.25, 0.3) is 0 Å². The van der Waals surface area contributed by atoms with Crippen molar-refractivity contribution in [2.45, 2.75) is 18.9 Å². The molecule has 0 saturated carbocycles. The molecule has 1 aromatic rings. The second kappa shape index (κ2) is 7.10. The summed E-state index contributed by atoms with van der Waals surface area (Å²) in [6, 6.07) is 1.36. The summed E-state index contributed by atoms with van der Waals surface area (Å²) in [5.74, 6) is 0. The maximum Gasteiger partial charge on any atom is 0.416 e. The monoisotopic (exact) mass is 317 g/mol. The Labute approximate surface area is 116 Å². The normalized spacial score (nSPS) is 12.7. The third-order valence-electron chi connectivity index (χ3n) is 2.42. The molecule has 0 aromatic heterocycles. The van der Waals surface area contributed by atoms with Crippen LogP contribution in [0.1, 0.15) is 16.7 Å². The van der Waals surface area contributed by atoms with Crippen LogP contribution >= 0.6 is 0 Å². The van der Waals surface area contributed by atoms with Crippen molar-refractivity contribution >= 4 is 0 Å². The number of ether oxygens (including phenoxy) is 1. The van der Waals surface area contributed by atoms with Crippen molar-refractivity contribution in [3.63, 3.8) is 0 Å². The third kappa shape index (κ3) is 5.90. The Morgan fingerprint density at radius 1 is 0.905 bits per heavy atom. The summed E-state index contributed by atoms with van der Waals surface area (Å²) in [6.45, 7) is 0.0572. The highest BCUT2D eigenvalue weighted by atomic mass is 19.4. The molecule has 0 amide bonds. The molecular weight excluding hydrogens is 304 g/mol. The van der Waals surface area contributed by atoms with Gasteiger partial charge in [-0.05, 0) is 23.8 Å². The minimum atomic E-state index is -4.85. The number of hydrogen-bond acceptors (Lipinski definition) is 3. The zero-order chi connectivity index (χ0) is 16.1. The molecule has 0 unspecified atom stereocenters. The van der Waals surface area contributed by atoms with Crippen molar-refractivity contribution in [3.05, 3.63) is 34.9 Å². The van der Waals surface area contributed by atoms with Gasteiger partial charge in [-0.2, -0.15) is 31.8 Å². The third-order valence-corrected chi connectivity index (χ3v) is 2.42. The van der Waals surface area contributed by atoms with Gasteiger partial charge in [-0.25, -0.2) is 0 Å². The van der Waals surface area contributed by atoms with Crippen LogP contribution in [-0.4, -0.2) is 20.3 Å². The highest BCUT2D eigenvalue weighted by Crippen LogP contribution is 2.36. The zero-order valence-corrected chi connectivity index (χ0v) is 10.9. The molecule has 9 heteroatoms. The molecule has 0 heterocycles. The summed E-state index contributed by atoms with van der Waals surface area (Å²) in [4.78, 5) is 4.79. The predicted molar refractivity (Wildman–Crippen MR) is 61.1 cm³/mol. The van der Waals surface area contributed by atoms with Crippen LogP contribution < -0.4 is 5.48 Å². The van der Waals surface area contributed by atoms with Crippen molar-refractivity contribution < 1.29 is 35.9 Å². The summed E-state index contributed by atoms with van der Waals surface area (Å²) >= 11 is 0. The van der Waals surface area contributed by atoms with Crippen LogP contribution in [0.25, 0.3) is 0 Å². The molecule has 0 saturated heterocycles. The summed E-state index contributed by atoms with van der Waals surface area (Å²) in [5.41, 5.74) is -0.618. The zero-order valence-electron chi connectivity index (χ0n) is 10.9. The molecule has 21 heavy (non-hydrogen) atoms. The number of hydrogen-bond donors (Lipinski definition) is 1. The van der Waals surface area contributed by atoms with Crippen LogP contribution in [0.5, 0.6) is 0 Å². The second-order valence-corrected chi connectivity index (χ2v) is 4.08. The van der Waals surface area contributed by atoms with Gasteiger partial charge in [0.15, 0.2) is 0 Å². The lowest BCUT2D eigenvalue weighted by molar-refractivity contribution is -0.143. The number of nitrogens with one attached hydrogen (secondary N) is 1. The number of hydroxylamine groups is 1. The Kier molecular flexibility index (Phi) is 5.99. The minimum absolute atomic E-state index is 0.0787. The lowest BCUT2D eigenvalue weighted by Crippen LogP contribution is -2.18. The fourth-order valence-electron chi connectivity index (χ4n) is 1.45. The van der Waals surface area contributed by atoms with E-state index >= 15 is 0 Å². The number of rotatable bonds is 6. The van der Waals surface area contributed by atoms with Gasteiger partial charge < -0.3 is 4.74 Å². The van der Waals surface area contributed by atoms with E-state index in [0.717, 1.165) is 0 Å². The molecule has 0 bridgehead atoms. The van der Waals surface area contributed by atoms with E-state index < -0.39 is 23.5 Å². The number of benzene rings is 1. The molecule has 0 spiro atoms. The molecule has 1 aromatic carbocycles. The molecule has 0 aliphatic rings. The van der Waals surface area contributed by atoms with Crippen LogP contribution in [0.3, 0.4) is 0 Å². The maximum atomic E-state index is 12.6. The van der Waals surface area contributed by atoms with E-state index in [4.69, 9.17) is 4.84 Å². The van der Waals surface area contributed by atoms with E-state index in [0.29, 0.717) is 12.1 Å². The minimum Gasteiger partial charge on any atom is -0.382 e. The van der Waals surface area contributed by atoms with Crippen LogP contribution in [0.4, 0.5) is 26.3 Å². The Morgan fingerprint density at radius 2 is 1.43 bits per heavy atom. The first-order chi connectivity index (χ1) is 9.64. The van der Waals surface area contributed by atoms with Crippen molar-refractivity contribution in [3.8, 4) is 0 Å². The van der Waals surface area contributed by atoms with Crippen LogP contribution in [0.2, 0.25) is 0 Å². The van der Waals surface area contributed by atoms with E-state index in [-0.39, 0.29) is 31.4 Å². The molecule has 0 aliphatic heterocycles. The number of methoxy groups -OCH3 is 1. The molecule has 1 N–H and O–H groups in total. The fraction of sp³-hybridized carbons (Fsp3) is 0.500.